The molecule has 4 rings (SSSR count). The molecule has 0 radical (unpaired) electrons. The predicted molar refractivity (Wildman–Crippen MR) is 78.1 cm³/mol. The van der Waals surface area contributed by atoms with E-state index in [1.807, 2.05) is 41.3 Å². The molecule has 2 aliphatic rings. The SMILES string of the molecule is O=C([C@@H]1Cc2ccccc2O1)N1CC(c2ccncc2)C1. The number of rotatable bonds is 2. The molecule has 0 spiro atoms. The number of hydrogen-bond donors (Lipinski definition) is 0. The van der Waals surface area contributed by atoms with Gasteiger partial charge < -0.3 is 9.64 Å². The quantitative estimate of drug-likeness (QED) is 0.845. The van der Waals surface area contributed by atoms with Crippen molar-refractivity contribution in [2.45, 2.75) is 18.4 Å². The molecule has 2 aromatic rings. The molecule has 21 heavy (non-hydrogen) atoms. The van der Waals surface area contributed by atoms with Crippen LogP contribution in [0.3, 0.4) is 0 Å². The average Bonchev–Trinajstić information content (AvgIpc) is 2.90. The summed E-state index contributed by atoms with van der Waals surface area (Å²) < 4.78 is 5.77. The van der Waals surface area contributed by atoms with Crippen LogP contribution in [0.25, 0.3) is 0 Å². The first-order chi connectivity index (χ1) is 10.3. The van der Waals surface area contributed by atoms with Crippen LogP contribution in [0.15, 0.2) is 48.8 Å². The molecule has 2 aliphatic heterocycles. The topological polar surface area (TPSA) is 42.4 Å². The number of carbonyl (C=O) groups is 1. The number of hydrogen-bond acceptors (Lipinski definition) is 3. The number of carbonyl (C=O) groups excluding carboxylic acids is 1. The minimum Gasteiger partial charge on any atom is -0.480 e. The lowest BCUT2D eigenvalue weighted by Crippen LogP contribution is -2.53. The van der Waals surface area contributed by atoms with E-state index in [1.54, 1.807) is 12.4 Å². The van der Waals surface area contributed by atoms with E-state index in [0.29, 0.717) is 12.3 Å². The summed E-state index contributed by atoms with van der Waals surface area (Å²) in [5.41, 5.74) is 2.38. The van der Waals surface area contributed by atoms with E-state index in [2.05, 4.69) is 4.98 Å². The molecule has 4 nitrogen and oxygen atoms in total. The highest BCUT2D eigenvalue weighted by Gasteiger charge is 2.38. The normalized spacial score (nSPS) is 20.6. The zero-order valence-electron chi connectivity index (χ0n) is 11.6. The van der Waals surface area contributed by atoms with Gasteiger partial charge in [0.2, 0.25) is 0 Å². The van der Waals surface area contributed by atoms with Gasteiger partial charge in [-0.3, -0.25) is 9.78 Å². The van der Waals surface area contributed by atoms with Gasteiger partial charge in [0.1, 0.15) is 5.75 Å². The summed E-state index contributed by atoms with van der Waals surface area (Å²) in [5.74, 6) is 1.39. The molecular formula is C17H16N2O2. The number of benzene rings is 1. The number of para-hydroxylation sites is 1. The Morgan fingerprint density at radius 1 is 1.14 bits per heavy atom. The fourth-order valence-electron chi connectivity index (χ4n) is 3.03. The minimum atomic E-state index is -0.346. The van der Waals surface area contributed by atoms with Crippen molar-refractivity contribution in [3.8, 4) is 5.75 Å². The van der Waals surface area contributed by atoms with E-state index in [1.165, 1.54) is 5.56 Å². The smallest absolute Gasteiger partial charge is 0.264 e. The second kappa shape index (κ2) is 4.88. The van der Waals surface area contributed by atoms with Crippen LogP contribution in [0.4, 0.5) is 0 Å². The summed E-state index contributed by atoms with van der Waals surface area (Å²) in [4.78, 5) is 18.4. The van der Waals surface area contributed by atoms with Crippen LogP contribution in [0.2, 0.25) is 0 Å². The molecule has 1 aromatic carbocycles. The predicted octanol–water partition coefficient (Wildman–Crippen LogP) is 2.01. The highest BCUT2D eigenvalue weighted by molar-refractivity contribution is 5.83. The highest BCUT2D eigenvalue weighted by atomic mass is 16.5. The summed E-state index contributed by atoms with van der Waals surface area (Å²) in [6.07, 6.45) is 3.94. The molecule has 1 aromatic heterocycles. The van der Waals surface area contributed by atoms with Crippen LogP contribution in [0.5, 0.6) is 5.75 Å². The summed E-state index contributed by atoms with van der Waals surface area (Å²) in [7, 11) is 0. The number of pyridine rings is 1. The maximum absolute atomic E-state index is 12.5. The zero-order valence-corrected chi connectivity index (χ0v) is 11.6. The molecule has 0 N–H and O–H groups in total. The Labute approximate surface area is 123 Å². The van der Waals surface area contributed by atoms with Crippen LogP contribution in [-0.4, -0.2) is 35.0 Å². The van der Waals surface area contributed by atoms with Crippen molar-refractivity contribution in [2.24, 2.45) is 0 Å². The Kier molecular flexibility index (Phi) is 2.88. The molecule has 0 unspecified atom stereocenters. The van der Waals surface area contributed by atoms with Crippen molar-refractivity contribution >= 4 is 5.91 Å². The molecule has 0 saturated carbocycles. The Morgan fingerprint density at radius 2 is 1.90 bits per heavy atom. The van der Waals surface area contributed by atoms with E-state index in [0.717, 1.165) is 24.4 Å². The molecule has 1 atom stereocenters. The monoisotopic (exact) mass is 280 g/mol. The molecule has 0 bridgehead atoms. The van der Waals surface area contributed by atoms with Gasteiger partial charge in [-0.15, -0.1) is 0 Å². The van der Waals surface area contributed by atoms with E-state index in [9.17, 15) is 4.79 Å². The standard InChI is InChI=1S/C17H16N2O2/c20-17(16-9-13-3-1-2-4-15(13)21-16)19-10-14(11-19)12-5-7-18-8-6-12/h1-8,14,16H,9-11H2/t16-/m0/s1. The molecule has 106 valence electrons. The maximum atomic E-state index is 12.5. The molecule has 4 heteroatoms. The Morgan fingerprint density at radius 3 is 2.67 bits per heavy atom. The van der Waals surface area contributed by atoms with Gasteiger partial charge in [-0.1, -0.05) is 18.2 Å². The maximum Gasteiger partial charge on any atom is 0.264 e. The third kappa shape index (κ3) is 2.17. The van der Waals surface area contributed by atoms with Crippen LogP contribution in [-0.2, 0) is 11.2 Å². The number of ether oxygens (including phenoxy) is 1. The second-order valence-electron chi connectivity index (χ2n) is 5.64. The number of amides is 1. The first-order valence-electron chi connectivity index (χ1n) is 7.24. The number of nitrogens with zero attached hydrogens (tertiary/aromatic N) is 2. The van der Waals surface area contributed by atoms with E-state index < -0.39 is 0 Å². The lowest BCUT2D eigenvalue weighted by molar-refractivity contribution is -0.142. The van der Waals surface area contributed by atoms with Crippen LogP contribution < -0.4 is 4.74 Å². The fraction of sp³-hybridized carbons (Fsp3) is 0.294. The van der Waals surface area contributed by atoms with E-state index in [-0.39, 0.29) is 12.0 Å². The Bertz CT molecular complexity index is 641. The molecule has 0 aliphatic carbocycles. The molecule has 3 heterocycles. The average molecular weight is 280 g/mol. The Hall–Kier alpha value is -2.36. The fourth-order valence-corrected chi connectivity index (χ4v) is 3.03. The number of likely N-dealkylation sites (tertiary alicyclic amines) is 1. The van der Waals surface area contributed by atoms with E-state index in [4.69, 9.17) is 4.74 Å². The zero-order chi connectivity index (χ0) is 14.2. The molecule has 1 amide bonds. The summed E-state index contributed by atoms with van der Waals surface area (Å²) in [5, 5.41) is 0. The van der Waals surface area contributed by atoms with Gasteiger partial charge >= 0.3 is 0 Å². The van der Waals surface area contributed by atoms with Crippen molar-refractivity contribution in [3.63, 3.8) is 0 Å². The highest BCUT2D eigenvalue weighted by Crippen LogP contribution is 2.32. The summed E-state index contributed by atoms with van der Waals surface area (Å²) >= 11 is 0. The minimum absolute atomic E-state index is 0.108. The number of aromatic nitrogens is 1. The van der Waals surface area contributed by atoms with Crippen molar-refractivity contribution in [3.05, 3.63) is 59.9 Å². The van der Waals surface area contributed by atoms with Gasteiger partial charge in [-0.2, -0.15) is 0 Å². The van der Waals surface area contributed by atoms with Gasteiger partial charge in [-0.25, -0.2) is 0 Å². The molecular weight excluding hydrogens is 264 g/mol. The Balaban J connectivity index is 1.38. The van der Waals surface area contributed by atoms with Gasteiger partial charge in [0.25, 0.3) is 5.91 Å². The lowest BCUT2D eigenvalue weighted by Gasteiger charge is -2.40. The second-order valence-corrected chi connectivity index (χ2v) is 5.64. The largest absolute Gasteiger partial charge is 0.480 e. The first-order valence-corrected chi connectivity index (χ1v) is 7.24. The van der Waals surface area contributed by atoms with Crippen molar-refractivity contribution in [1.82, 2.24) is 9.88 Å². The van der Waals surface area contributed by atoms with Crippen molar-refractivity contribution in [2.75, 3.05) is 13.1 Å². The van der Waals surface area contributed by atoms with Crippen molar-refractivity contribution in [1.29, 1.82) is 0 Å². The molecule has 1 fully saturated rings. The van der Waals surface area contributed by atoms with Crippen LogP contribution in [0.1, 0.15) is 17.0 Å². The summed E-state index contributed by atoms with van der Waals surface area (Å²) in [6.45, 7) is 1.55. The van der Waals surface area contributed by atoms with Gasteiger partial charge in [-0.05, 0) is 29.3 Å². The third-order valence-electron chi connectivity index (χ3n) is 4.29. The van der Waals surface area contributed by atoms with Crippen molar-refractivity contribution < 1.29 is 9.53 Å². The first kappa shape index (κ1) is 12.4. The summed E-state index contributed by atoms with van der Waals surface area (Å²) in [6, 6.07) is 11.9. The van der Waals surface area contributed by atoms with Crippen LogP contribution >= 0.6 is 0 Å². The molecule has 1 saturated heterocycles. The number of fused-ring (bicyclic) bond motifs is 1. The lowest BCUT2D eigenvalue weighted by atomic mass is 9.91. The van der Waals surface area contributed by atoms with Crippen LogP contribution in [0, 0.1) is 0 Å². The van der Waals surface area contributed by atoms with Gasteiger partial charge in [0.05, 0.1) is 0 Å². The van der Waals surface area contributed by atoms with Gasteiger partial charge in [0, 0.05) is 37.8 Å². The van der Waals surface area contributed by atoms with Gasteiger partial charge in [0.15, 0.2) is 6.10 Å². The van der Waals surface area contributed by atoms with E-state index >= 15 is 0 Å². The third-order valence-corrected chi connectivity index (χ3v) is 4.29.